The number of aliphatic hydroxyl groups is 1. The summed E-state index contributed by atoms with van der Waals surface area (Å²) in [6.45, 7) is 0. The van der Waals surface area contributed by atoms with Crippen LogP contribution in [0.5, 0.6) is 0 Å². The van der Waals surface area contributed by atoms with Crippen LogP contribution < -0.4 is 15.4 Å². The van der Waals surface area contributed by atoms with Gasteiger partial charge in [0, 0.05) is 46.2 Å². The predicted octanol–water partition coefficient (Wildman–Crippen LogP) is 4.46. The zero-order valence-electron chi connectivity index (χ0n) is 15.4. The first-order valence-corrected chi connectivity index (χ1v) is 10.8. The molecule has 2 aromatic rings. The number of hydrogen-bond acceptors (Lipinski definition) is 7. The molecule has 0 radical (unpaired) electrons. The molecule has 0 spiro atoms. The van der Waals surface area contributed by atoms with Crippen molar-refractivity contribution in [3.8, 4) is 0 Å². The minimum absolute atomic E-state index is 0.0329. The summed E-state index contributed by atoms with van der Waals surface area (Å²) in [6.07, 6.45) is 3.34. The molecule has 1 aliphatic heterocycles. The standard InChI is InChI=1S/C20H20ClFN4OS2/c1-24-18(6-7-23)16-10-12(21)2-4-14(16)19(27)15-5-3-13(11-17(15)22)29-26-20-25-8-9-28-20/h2-11,19-20,23-27H,1H3/b18-6-,23-7?. The average molecular weight is 451 g/mol. The Labute approximate surface area is 182 Å². The van der Waals surface area contributed by atoms with Gasteiger partial charge in [0.15, 0.2) is 0 Å². The molecule has 0 aromatic heterocycles. The van der Waals surface area contributed by atoms with E-state index in [0.29, 0.717) is 26.7 Å². The third-order valence-corrected chi connectivity index (χ3v) is 6.25. The number of hydrogen-bond donors (Lipinski definition) is 5. The molecule has 29 heavy (non-hydrogen) atoms. The second kappa shape index (κ2) is 10.2. The molecule has 0 fully saturated rings. The number of allylic oxidation sites excluding steroid dienone is 1. The predicted molar refractivity (Wildman–Crippen MR) is 120 cm³/mol. The summed E-state index contributed by atoms with van der Waals surface area (Å²) < 4.78 is 18.0. The summed E-state index contributed by atoms with van der Waals surface area (Å²) in [5, 5.41) is 26.7. The Hall–Kier alpha value is -1.97. The Morgan fingerprint density at radius 1 is 1.34 bits per heavy atom. The van der Waals surface area contributed by atoms with Gasteiger partial charge in [-0.15, -0.1) is 0 Å². The van der Waals surface area contributed by atoms with Gasteiger partial charge in [0.25, 0.3) is 0 Å². The van der Waals surface area contributed by atoms with Crippen LogP contribution >= 0.6 is 35.3 Å². The van der Waals surface area contributed by atoms with Crippen LogP contribution in [0.3, 0.4) is 0 Å². The first-order valence-electron chi connectivity index (χ1n) is 8.68. The summed E-state index contributed by atoms with van der Waals surface area (Å²) in [7, 11) is 1.71. The summed E-state index contributed by atoms with van der Waals surface area (Å²) in [5.41, 5.74) is 1.89. The van der Waals surface area contributed by atoms with Crippen LogP contribution in [0.15, 0.2) is 59.0 Å². The molecule has 9 heteroatoms. The minimum Gasteiger partial charge on any atom is -0.388 e. The third kappa shape index (κ3) is 5.34. The number of aliphatic hydroxyl groups excluding tert-OH is 1. The second-order valence-electron chi connectivity index (χ2n) is 6.02. The van der Waals surface area contributed by atoms with Gasteiger partial charge in [0.1, 0.15) is 17.4 Å². The quantitative estimate of drug-likeness (QED) is 0.302. The summed E-state index contributed by atoms with van der Waals surface area (Å²) in [6, 6.07) is 9.72. The first-order chi connectivity index (χ1) is 14.0. The van der Waals surface area contributed by atoms with Gasteiger partial charge in [-0.1, -0.05) is 35.5 Å². The van der Waals surface area contributed by atoms with Gasteiger partial charge in [0.05, 0.1) is 0 Å². The monoisotopic (exact) mass is 450 g/mol. The maximum Gasteiger partial charge on any atom is 0.138 e. The molecular formula is C20H20ClFN4OS2. The van der Waals surface area contributed by atoms with E-state index in [2.05, 4.69) is 15.4 Å². The van der Waals surface area contributed by atoms with Crippen molar-refractivity contribution >= 4 is 47.2 Å². The van der Waals surface area contributed by atoms with Gasteiger partial charge in [-0.3, -0.25) is 0 Å². The van der Waals surface area contributed by atoms with Crippen LogP contribution in [0.4, 0.5) is 4.39 Å². The topological polar surface area (TPSA) is 80.2 Å². The van der Waals surface area contributed by atoms with Crippen molar-refractivity contribution in [1.29, 1.82) is 5.41 Å². The van der Waals surface area contributed by atoms with Crippen molar-refractivity contribution in [2.45, 2.75) is 16.5 Å². The Morgan fingerprint density at radius 3 is 2.79 bits per heavy atom. The highest BCUT2D eigenvalue weighted by Crippen LogP contribution is 2.33. The van der Waals surface area contributed by atoms with Gasteiger partial charge < -0.3 is 21.1 Å². The van der Waals surface area contributed by atoms with Crippen molar-refractivity contribution in [2.24, 2.45) is 0 Å². The second-order valence-corrected chi connectivity index (χ2v) is 8.38. The molecule has 0 bridgehead atoms. The smallest absolute Gasteiger partial charge is 0.138 e. The number of nitrogens with one attached hydrogen (secondary N) is 4. The van der Waals surface area contributed by atoms with E-state index in [1.165, 1.54) is 18.0 Å². The highest BCUT2D eigenvalue weighted by molar-refractivity contribution is 8.04. The maximum atomic E-state index is 14.8. The maximum absolute atomic E-state index is 14.8. The van der Waals surface area contributed by atoms with Crippen LogP contribution in [-0.2, 0) is 0 Å². The molecule has 0 saturated carbocycles. The zero-order valence-corrected chi connectivity index (χ0v) is 17.8. The molecule has 2 atom stereocenters. The summed E-state index contributed by atoms with van der Waals surface area (Å²) in [4.78, 5) is 0.698. The van der Waals surface area contributed by atoms with Crippen LogP contribution in [0.2, 0.25) is 5.02 Å². The molecule has 1 aliphatic rings. The SMILES string of the molecule is CN/C(=C\C=N)c1cc(Cl)ccc1C(O)c1ccc(SNC2NC=CS2)cc1F. The highest BCUT2D eigenvalue weighted by Gasteiger charge is 2.20. The number of benzene rings is 2. The number of halogens is 2. The molecule has 0 aliphatic carbocycles. The normalized spacial score (nSPS) is 17.1. The average Bonchev–Trinajstić information content (AvgIpc) is 3.24. The van der Waals surface area contributed by atoms with E-state index < -0.39 is 11.9 Å². The van der Waals surface area contributed by atoms with Gasteiger partial charge in [-0.2, -0.15) is 0 Å². The van der Waals surface area contributed by atoms with E-state index in [1.54, 1.807) is 55.2 Å². The summed E-state index contributed by atoms with van der Waals surface area (Å²) in [5.74, 6) is -0.502. The van der Waals surface area contributed by atoms with E-state index in [4.69, 9.17) is 17.0 Å². The van der Waals surface area contributed by atoms with Gasteiger partial charge >= 0.3 is 0 Å². The molecule has 5 N–H and O–H groups in total. The number of thioether (sulfide) groups is 1. The molecule has 1 heterocycles. The van der Waals surface area contributed by atoms with Crippen molar-refractivity contribution in [2.75, 3.05) is 7.05 Å². The molecule has 152 valence electrons. The van der Waals surface area contributed by atoms with Gasteiger partial charge in [-0.05, 0) is 53.3 Å². The van der Waals surface area contributed by atoms with E-state index in [9.17, 15) is 9.50 Å². The van der Waals surface area contributed by atoms with E-state index in [-0.39, 0.29) is 11.1 Å². The van der Waals surface area contributed by atoms with Crippen molar-refractivity contribution in [1.82, 2.24) is 15.4 Å². The largest absolute Gasteiger partial charge is 0.388 e. The molecule has 0 amide bonds. The fourth-order valence-corrected chi connectivity index (χ4v) is 4.44. The van der Waals surface area contributed by atoms with Gasteiger partial charge in [0.2, 0.25) is 0 Å². The van der Waals surface area contributed by atoms with Crippen molar-refractivity contribution in [3.63, 3.8) is 0 Å². The van der Waals surface area contributed by atoms with Crippen molar-refractivity contribution < 1.29 is 9.50 Å². The lowest BCUT2D eigenvalue weighted by Gasteiger charge is -2.19. The Morgan fingerprint density at radius 2 is 2.14 bits per heavy atom. The molecular weight excluding hydrogens is 431 g/mol. The molecule has 2 aromatic carbocycles. The molecule has 0 saturated heterocycles. The van der Waals surface area contributed by atoms with E-state index >= 15 is 0 Å². The van der Waals surface area contributed by atoms with Crippen LogP contribution in [0, 0.1) is 11.2 Å². The fraction of sp³-hybridized carbons (Fsp3) is 0.150. The molecule has 3 rings (SSSR count). The zero-order chi connectivity index (χ0) is 20.8. The Kier molecular flexibility index (Phi) is 7.63. The lowest BCUT2D eigenvalue weighted by Crippen LogP contribution is -2.28. The van der Waals surface area contributed by atoms with Gasteiger partial charge in [-0.25, -0.2) is 9.11 Å². The first kappa shape index (κ1) is 21.7. The minimum atomic E-state index is -1.19. The van der Waals surface area contributed by atoms with Crippen LogP contribution in [-0.4, -0.2) is 23.9 Å². The van der Waals surface area contributed by atoms with Crippen LogP contribution in [0.25, 0.3) is 5.70 Å². The third-order valence-electron chi connectivity index (χ3n) is 4.20. The number of rotatable bonds is 8. The Bertz CT molecular complexity index is 946. The van der Waals surface area contributed by atoms with E-state index in [1.807, 2.05) is 11.6 Å². The highest BCUT2D eigenvalue weighted by atomic mass is 35.5. The Balaban J connectivity index is 1.85. The summed E-state index contributed by atoms with van der Waals surface area (Å²) >= 11 is 9.02. The molecule has 5 nitrogen and oxygen atoms in total. The lowest BCUT2D eigenvalue weighted by atomic mass is 9.94. The van der Waals surface area contributed by atoms with Crippen LogP contribution in [0.1, 0.15) is 22.8 Å². The van der Waals surface area contributed by atoms with E-state index in [0.717, 1.165) is 6.21 Å². The fourth-order valence-electron chi connectivity index (χ4n) is 2.82. The molecule has 2 unspecified atom stereocenters. The lowest BCUT2D eigenvalue weighted by molar-refractivity contribution is 0.214. The van der Waals surface area contributed by atoms with Crippen molar-refractivity contribution in [3.05, 3.63) is 81.6 Å².